The van der Waals surface area contributed by atoms with Crippen LogP contribution in [0.4, 0.5) is 0 Å². The van der Waals surface area contributed by atoms with Crippen LogP contribution in [0.25, 0.3) is 0 Å². The lowest BCUT2D eigenvalue weighted by Gasteiger charge is -2.03. The van der Waals surface area contributed by atoms with Gasteiger partial charge in [-0.15, -0.1) is 0 Å². The zero-order valence-corrected chi connectivity index (χ0v) is 5.05. The third kappa shape index (κ3) is 0.477. The van der Waals surface area contributed by atoms with Crippen molar-refractivity contribution in [2.45, 2.75) is 0 Å². The minimum absolute atomic E-state index is 0.169. The van der Waals surface area contributed by atoms with Crippen LogP contribution < -0.4 is 11.1 Å². The first kappa shape index (κ1) is 5.23. The maximum atomic E-state index is 10.7. The molecule has 0 aromatic rings. The van der Waals surface area contributed by atoms with Crippen LogP contribution in [0, 0.1) is 17.8 Å². The summed E-state index contributed by atoms with van der Waals surface area (Å²) in [7, 11) is 0. The van der Waals surface area contributed by atoms with Crippen LogP contribution in [-0.2, 0) is 4.79 Å². The third-order valence-electron chi connectivity index (χ3n) is 2.29. The minimum atomic E-state index is -0.236. The van der Waals surface area contributed by atoms with Gasteiger partial charge in [-0.2, -0.15) is 0 Å². The van der Waals surface area contributed by atoms with Gasteiger partial charge in [0.2, 0.25) is 5.91 Å². The van der Waals surface area contributed by atoms with E-state index in [0.29, 0.717) is 5.92 Å². The maximum absolute atomic E-state index is 10.7. The number of rotatable bonds is 1. The molecule has 0 spiro atoms. The molecular formula is C6H9N2O. The van der Waals surface area contributed by atoms with E-state index < -0.39 is 0 Å². The Kier molecular flexibility index (Phi) is 0.750. The Hall–Kier alpha value is -0.570. The van der Waals surface area contributed by atoms with Crippen LogP contribution in [0.15, 0.2) is 0 Å². The molecule has 2 unspecified atom stereocenters. The number of hydrogen-bond acceptors (Lipinski definition) is 2. The number of nitrogens with one attached hydrogen (secondary N) is 1. The van der Waals surface area contributed by atoms with E-state index in [1.807, 2.05) is 6.42 Å². The van der Waals surface area contributed by atoms with Crippen molar-refractivity contribution in [2.24, 2.45) is 17.1 Å². The van der Waals surface area contributed by atoms with Crippen LogP contribution in [0.2, 0.25) is 0 Å². The lowest BCUT2D eigenvalue weighted by atomic mass is 10.1. The molecule has 3 heteroatoms. The zero-order valence-electron chi connectivity index (χ0n) is 5.05. The molecular weight excluding hydrogens is 116 g/mol. The molecule has 1 saturated carbocycles. The largest absolute Gasteiger partial charge is 0.369 e. The number of hydrogen-bond donors (Lipinski definition) is 2. The fraction of sp³-hybridized carbons (Fsp3) is 0.667. The molecule has 49 valence electrons. The van der Waals surface area contributed by atoms with E-state index in [2.05, 4.69) is 5.32 Å². The van der Waals surface area contributed by atoms with Crippen molar-refractivity contribution < 1.29 is 4.79 Å². The Bertz CT molecular complexity index is 168. The highest BCUT2D eigenvalue weighted by Crippen LogP contribution is 2.53. The van der Waals surface area contributed by atoms with Crippen molar-refractivity contribution in [3.8, 4) is 0 Å². The Labute approximate surface area is 53.6 Å². The monoisotopic (exact) mass is 125 g/mol. The topological polar surface area (TPSA) is 55.1 Å². The molecule has 2 atom stereocenters. The molecule has 1 aliphatic carbocycles. The fourth-order valence-corrected chi connectivity index (χ4v) is 1.53. The molecule has 2 fully saturated rings. The smallest absolute Gasteiger partial charge is 0.225 e. The van der Waals surface area contributed by atoms with Crippen LogP contribution >= 0.6 is 0 Å². The number of piperidine rings is 1. The van der Waals surface area contributed by atoms with Gasteiger partial charge in [-0.25, -0.2) is 0 Å². The second-order valence-corrected chi connectivity index (χ2v) is 2.81. The Balaban J connectivity index is 2.19. The number of carbonyl (C=O) groups excluding carboxylic acids is 1. The standard InChI is InChI=1S/C6H9N2O/c7-5(9)6-1-4(6)2-8-3-6/h1,4,8H,2-3H2,(H2,7,9). The van der Waals surface area contributed by atoms with Gasteiger partial charge < -0.3 is 11.1 Å². The molecule has 1 radical (unpaired) electrons. The number of primary amides is 1. The van der Waals surface area contributed by atoms with Crippen molar-refractivity contribution in [3.63, 3.8) is 0 Å². The lowest BCUT2D eigenvalue weighted by molar-refractivity contribution is -0.122. The molecule has 9 heavy (non-hydrogen) atoms. The normalized spacial score (nSPS) is 46.4. The summed E-state index contributed by atoms with van der Waals surface area (Å²) in [4.78, 5) is 10.7. The van der Waals surface area contributed by atoms with E-state index in [1.165, 1.54) is 0 Å². The van der Waals surface area contributed by atoms with E-state index in [-0.39, 0.29) is 11.3 Å². The van der Waals surface area contributed by atoms with Gasteiger partial charge in [0.1, 0.15) is 0 Å². The molecule has 0 bridgehead atoms. The highest BCUT2D eigenvalue weighted by molar-refractivity contribution is 5.88. The van der Waals surface area contributed by atoms with Gasteiger partial charge in [-0.3, -0.25) is 4.79 Å². The summed E-state index contributed by atoms with van der Waals surface area (Å²) in [5.41, 5.74) is 4.93. The van der Waals surface area contributed by atoms with Gasteiger partial charge in [0.25, 0.3) is 0 Å². The predicted molar refractivity (Wildman–Crippen MR) is 32.3 cm³/mol. The van der Waals surface area contributed by atoms with Crippen molar-refractivity contribution in [1.82, 2.24) is 5.32 Å². The van der Waals surface area contributed by atoms with E-state index >= 15 is 0 Å². The van der Waals surface area contributed by atoms with Crippen molar-refractivity contribution in [1.29, 1.82) is 0 Å². The van der Waals surface area contributed by atoms with Gasteiger partial charge in [-0.05, 0) is 18.9 Å². The maximum Gasteiger partial charge on any atom is 0.225 e. The highest BCUT2D eigenvalue weighted by Gasteiger charge is 2.61. The molecule has 1 saturated heterocycles. The molecule has 0 aromatic carbocycles. The first-order valence-corrected chi connectivity index (χ1v) is 3.12. The van der Waals surface area contributed by atoms with Gasteiger partial charge >= 0.3 is 0 Å². The van der Waals surface area contributed by atoms with Crippen LogP contribution in [0.5, 0.6) is 0 Å². The summed E-state index contributed by atoms with van der Waals surface area (Å²) in [5.74, 6) is 0.271. The highest BCUT2D eigenvalue weighted by atomic mass is 16.1. The Morgan fingerprint density at radius 1 is 1.89 bits per heavy atom. The Morgan fingerprint density at radius 2 is 2.67 bits per heavy atom. The molecule has 1 heterocycles. The first-order valence-electron chi connectivity index (χ1n) is 3.12. The average molecular weight is 125 g/mol. The molecule has 3 nitrogen and oxygen atoms in total. The fourth-order valence-electron chi connectivity index (χ4n) is 1.53. The van der Waals surface area contributed by atoms with E-state index in [4.69, 9.17) is 5.73 Å². The van der Waals surface area contributed by atoms with Gasteiger partial charge in [-0.1, -0.05) is 0 Å². The summed E-state index contributed by atoms with van der Waals surface area (Å²) < 4.78 is 0. The van der Waals surface area contributed by atoms with E-state index in [0.717, 1.165) is 13.1 Å². The quantitative estimate of drug-likeness (QED) is 0.467. The summed E-state index contributed by atoms with van der Waals surface area (Å²) in [6.45, 7) is 1.69. The first-order chi connectivity index (χ1) is 4.26. The summed E-state index contributed by atoms with van der Waals surface area (Å²) in [5, 5.41) is 3.11. The van der Waals surface area contributed by atoms with Crippen LogP contribution in [-0.4, -0.2) is 19.0 Å². The van der Waals surface area contributed by atoms with Crippen LogP contribution in [0.1, 0.15) is 0 Å². The summed E-state index contributed by atoms with van der Waals surface area (Å²) >= 11 is 0. The lowest BCUT2D eigenvalue weighted by Crippen LogP contribution is -2.30. The molecule has 1 amide bonds. The van der Waals surface area contributed by atoms with E-state index in [9.17, 15) is 4.79 Å². The second kappa shape index (κ2) is 1.29. The summed E-state index contributed by atoms with van der Waals surface area (Å²) in [6.07, 6.45) is 2.03. The molecule has 0 aromatic heterocycles. The number of amides is 1. The average Bonchev–Trinajstić information content (AvgIpc) is 2.38. The molecule has 3 N–H and O–H groups in total. The van der Waals surface area contributed by atoms with E-state index in [1.54, 1.807) is 0 Å². The van der Waals surface area contributed by atoms with Gasteiger partial charge in [0.05, 0.1) is 5.41 Å². The molecule has 2 rings (SSSR count). The number of nitrogens with two attached hydrogens (primary N) is 1. The summed E-state index contributed by atoms with van der Waals surface area (Å²) in [6, 6.07) is 0. The minimum Gasteiger partial charge on any atom is -0.369 e. The molecule has 1 aliphatic heterocycles. The SMILES string of the molecule is NC(=O)C12[CH]C1CNC2. The van der Waals surface area contributed by atoms with Crippen molar-refractivity contribution in [3.05, 3.63) is 6.42 Å². The Morgan fingerprint density at radius 3 is 2.89 bits per heavy atom. The van der Waals surface area contributed by atoms with Crippen molar-refractivity contribution >= 4 is 5.91 Å². The zero-order chi connectivity index (χ0) is 6.48. The predicted octanol–water partition coefficient (Wildman–Crippen LogP) is -1.10. The third-order valence-corrected chi connectivity index (χ3v) is 2.29. The van der Waals surface area contributed by atoms with Crippen LogP contribution in [0.3, 0.4) is 0 Å². The van der Waals surface area contributed by atoms with Crippen molar-refractivity contribution in [2.75, 3.05) is 13.1 Å². The van der Waals surface area contributed by atoms with Gasteiger partial charge in [0.15, 0.2) is 0 Å². The number of carbonyl (C=O) groups is 1. The molecule has 2 aliphatic rings. The number of fused-ring (bicyclic) bond motifs is 1. The van der Waals surface area contributed by atoms with Gasteiger partial charge in [0, 0.05) is 6.54 Å². The second-order valence-electron chi connectivity index (χ2n) is 2.81.